The second-order valence-corrected chi connectivity index (χ2v) is 4.27. The van der Waals surface area contributed by atoms with Crippen molar-refractivity contribution in [2.75, 3.05) is 0 Å². The molecule has 1 heteroatoms. The topological polar surface area (TPSA) is 17.1 Å². The monoisotopic (exact) mass is 222 g/mol. The second kappa shape index (κ2) is 12.2. The Morgan fingerprint density at radius 3 is 2.25 bits per heavy atom. The van der Waals surface area contributed by atoms with Crippen LogP contribution in [0.25, 0.3) is 0 Å². The predicted molar refractivity (Wildman–Crippen MR) is 71.6 cm³/mol. The predicted octanol–water partition coefficient (Wildman–Crippen LogP) is 4.83. The van der Waals surface area contributed by atoms with Gasteiger partial charge in [0.2, 0.25) is 0 Å². The molecule has 0 unspecified atom stereocenters. The van der Waals surface area contributed by atoms with Gasteiger partial charge in [-0.1, -0.05) is 44.1 Å². The number of ketones is 1. The Labute approximate surface area is 101 Å². The van der Waals surface area contributed by atoms with Crippen molar-refractivity contribution in [3.8, 4) is 0 Å². The van der Waals surface area contributed by atoms with Gasteiger partial charge in [0, 0.05) is 6.42 Å². The molecule has 0 atom stereocenters. The third kappa shape index (κ3) is 13.2. The van der Waals surface area contributed by atoms with Crippen molar-refractivity contribution in [2.24, 2.45) is 0 Å². The van der Waals surface area contributed by atoms with E-state index in [-0.39, 0.29) is 0 Å². The first-order valence-electron chi connectivity index (χ1n) is 6.56. The van der Waals surface area contributed by atoms with Gasteiger partial charge in [0.1, 0.15) is 5.78 Å². The van der Waals surface area contributed by atoms with Crippen LogP contribution < -0.4 is 0 Å². The van der Waals surface area contributed by atoms with E-state index >= 15 is 0 Å². The van der Waals surface area contributed by atoms with Crippen LogP contribution in [0.3, 0.4) is 0 Å². The molecule has 16 heavy (non-hydrogen) atoms. The van der Waals surface area contributed by atoms with Crippen LogP contribution in [-0.2, 0) is 4.79 Å². The zero-order valence-corrected chi connectivity index (χ0v) is 10.9. The number of allylic oxidation sites excluding steroid dienone is 4. The number of hydrogen-bond donors (Lipinski definition) is 0. The lowest BCUT2D eigenvalue weighted by Crippen LogP contribution is -1.88. The summed E-state index contributed by atoms with van der Waals surface area (Å²) in [5.41, 5.74) is 0. The van der Waals surface area contributed by atoms with E-state index in [1.807, 2.05) is 0 Å². The molecule has 0 aromatic carbocycles. The third-order valence-electron chi connectivity index (χ3n) is 2.46. The second-order valence-electron chi connectivity index (χ2n) is 4.27. The maximum Gasteiger partial charge on any atom is 0.129 e. The highest BCUT2D eigenvalue weighted by Gasteiger charge is 1.92. The van der Waals surface area contributed by atoms with Gasteiger partial charge >= 0.3 is 0 Å². The summed E-state index contributed by atoms with van der Waals surface area (Å²) in [6.45, 7) is 3.86. The van der Waals surface area contributed by atoms with Crippen molar-refractivity contribution in [3.05, 3.63) is 24.3 Å². The zero-order chi connectivity index (χ0) is 12.1. The van der Waals surface area contributed by atoms with Crippen molar-refractivity contribution in [1.82, 2.24) is 0 Å². The fraction of sp³-hybridized carbons (Fsp3) is 0.667. The Bertz CT molecular complexity index is 213. The first-order valence-corrected chi connectivity index (χ1v) is 6.56. The summed E-state index contributed by atoms with van der Waals surface area (Å²) in [4.78, 5) is 10.7. The van der Waals surface area contributed by atoms with Crippen LogP contribution in [0.15, 0.2) is 24.3 Å². The molecule has 0 bridgehead atoms. The molecule has 92 valence electrons. The smallest absolute Gasteiger partial charge is 0.129 e. The summed E-state index contributed by atoms with van der Waals surface area (Å²) in [7, 11) is 0. The Balaban J connectivity index is 3.18. The van der Waals surface area contributed by atoms with Crippen molar-refractivity contribution in [3.63, 3.8) is 0 Å². The molecule has 0 amide bonds. The maximum absolute atomic E-state index is 10.7. The number of carbonyl (C=O) groups is 1. The molecule has 0 aliphatic carbocycles. The fourth-order valence-electron chi connectivity index (χ4n) is 1.49. The van der Waals surface area contributed by atoms with Gasteiger partial charge in [-0.05, 0) is 39.0 Å². The van der Waals surface area contributed by atoms with Crippen molar-refractivity contribution in [2.45, 2.75) is 65.2 Å². The normalized spacial score (nSPS) is 11.6. The van der Waals surface area contributed by atoms with Crippen LogP contribution in [-0.4, -0.2) is 5.78 Å². The quantitative estimate of drug-likeness (QED) is 0.382. The van der Waals surface area contributed by atoms with E-state index in [1.165, 1.54) is 25.7 Å². The fourth-order valence-corrected chi connectivity index (χ4v) is 1.49. The van der Waals surface area contributed by atoms with Gasteiger partial charge in [-0.25, -0.2) is 0 Å². The van der Waals surface area contributed by atoms with Crippen molar-refractivity contribution >= 4 is 5.78 Å². The highest BCUT2D eigenvalue weighted by atomic mass is 16.1. The van der Waals surface area contributed by atoms with E-state index in [0.717, 1.165) is 25.7 Å². The number of hydrogen-bond acceptors (Lipinski definition) is 1. The minimum absolute atomic E-state index is 0.316. The molecule has 0 rings (SSSR count). The van der Waals surface area contributed by atoms with E-state index in [1.54, 1.807) is 6.92 Å². The van der Waals surface area contributed by atoms with Gasteiger partial charge in [-0.15, -0.1) is 0 Å². The van der Waals surface area contributed by atoms with Gasteiger partial charge < -0.3 is 4.79 Å². The molecular weight excluding hydrogens is 196 g/mol. The van der Waals surface area contributed by atoms with Gasteiger partial charge in [0.15, 0.2) is 0 Å². The van der Waals surface area contributed by atoms with E-state index in [4.69, 9.17) is 0 Å². The highest BCUT2D eigenvalue weighted by molar-refractivity contribution is 5.75. The lowest BCUT2D eigenvalue weighted by atomic mass is 10.1. The minimum Gasteiger partial charge on any atom is -0.300 e. The standard InChI is InChI=1S/C15H26O/c1-3-4-5-6-7-8-9-10-11-12-13-14-15(2)16/h5-6,8-9H,3-4,7,10-14H2,1-2H3/b6-5+,9-8-. The Kier molecular flexibility index (Phi) is 11.6. The molecule has 0 saturated heterocycles. The molecule has 0 aromatic heterocycles. The molecule has 0 aliphatic heterocycles. The lowest BCUT2D eigenvalue weighted by Gasteiger charge is -1.95. The van der Waals surface area contributed by atoms with Crippen LogP contribution in [0.5, 0.6) is 0 Å². The van der Waals surface area contributed by atoms with Crippen LogP contribution in [0.4, 0.5) is 0 Å². The van der Waals surface area contributed by atoms with E-state index in [2.05, 4.69) is 31.2 Å². The molecule has 0 aromatic rings. The van der Waals surface area contributed by atoms with Crippen molar-refractivity contribution < 1.29 is 4.79 Å². The maximum atomic E-state index is 10.7. The molecule has 0 radical (unpaired) electrons. The molecule has 0 aliphatic rings. The summed E-state index contributed by atoms with van der Waals surface area (Å²) in [6, 6.07) is 0. The van der Waals surface area contributed by atoms with E-state index in [9.17, 15) is 4.79 Å². The van der Waals surface area contributed by atoms with Gasteiger partial charge in [0.25, 0.3) is 0 Å². The molecule has 0 spiro atoms. The summed E-state index contributed by atoms with van der Waals surface area (Å²) in [5.74, 6) is 0.316. The average molecular weight is 222 g/mol. The average Bonchev–Trinajstić information content (AvgIpc) is 2.25. The number of rotatable bonds is 10. The summed E-state index contributed by atoms with van der Waals surface area (Å²) in [6.07, 6.45) is 17.8. The van der Waals surface area contributed by atoms with Crippen LogP contribution >= 0.6 is 0 Å². The van der Waals surface area contributed by atoms with Crippen LogP contribution in [0.1, 0.15) is 65.2 Å². The third-order valence-corrected chi connectivity index (χ3v) is 2.46. The molecule has 0 heterocycles. The van der Waals surface area contributed by atoms with Gasteiger partial charge in [0.05, 0.1) is 0 Å². The largest absolute Gasteiger partial charge is 0.300 e. The first-order chi connectivity index (χ1) is 7.77. The molecule has 0 fully saturated rings. The number of carbonyl (C=O) groups excluding carboxylic acids is 1. The molecule has 0 saturated carbocycles. The SMILES string of the molecule is CCC/C=C/C/C=C\CCCCCC(C)=O. The zero-order valence-electron chi connectivity index (χ0n) is 10.9. The van der Waals surface area contributed by atoms with Gasteiger partial charge in [-0.3, -0.25) is 0 Å². The Morgan fingerprint density at radius 1 is 0.938 bits per heavy atom. The highest BCUT2D eigenvalue weighted by Crippen LogP contribution is 2.04. The van der Waals surface area contributed by atoms with Crippen molar-refractivity contribution in [1.29, 1.82) is 0 Å². The van der Waals surface area contributed by atoms with E-state index < -0.39 is 0 Å². The molecular formula is C15H26O. The van der Waals surface area contributed by atoms with Crippen LogP contribution in [0.2, 0.25) is 0 Å². The molecule has 0 N–H and O–H groups in total. The molecule has 1 nitrogen and oxygen atoms in total. The lowest BCUT2D eigenvalue weighted by molar-refractivity contribution is -0.117. The summed E-state index contributed by atoms with van der Waals surface area (Å²) in [5, 5.41) is 0. The van der Waals surface area contributed by atoms with Gasteiger partial charge in [-0.2, -0.15) is 0 Å². The number of unbranched alkanes of at least 4 members (excludes halogenated alkanes) is 4. The Hall–Kier alpha value is -0.850. The summed E-state index contributed by atoms with van der Waals surface area (Å²) >= 11 is 0. The first kappa shape index (κ1) is 15.2. The summed E-state index contributed by atoms with van der Waals surface area (Å²) < 4.78 is 0. The minimum atomic E-state index is 0.316. The van der Waals surface area contributed by atoms with E-state index in [0.29, 0.717) is 5.78 Å². The van der Waals surface area contributed by atoms with Crippen LogP contribution in [0, 0.1) is 0 Å². The number of Topliss-reactive ketones (excluding diaryl/α,β-unsaturated/α-hetero) is 1. The Morgan fingerprint density at radius 2 is 1.62 bits per heavy atom.